The number of hydrogen-bond donors (Lipinski definition) is 4. The molecule has 138 valence electrons. The standard InChI is InChI=1S/C17H25FN4O3/c1-17(2,16(20)25)22-15(24)13(4-3-9-19)21-14(23)10-11-5-7-12(18)8-6-11/h5-8,13H,3-4,9-10,19H2,1-2H3,(H2,20,25)(H,21,23)(H,22,24)/t13-/m1/s1. The number of carbonyl (C=O) groups excluding carboxylic acids is 3. The van der Waals surface area contributed by atoms with Crippen molar-refractivity contribution in [2.24, 2.45) is 11.5 Å². The molecule has 1 aromatic rings. The van der Waals surface area contributed by atoms with Crippen LogP contribution in [0, 0.1) is 5.82 Å². The van der Waals surface area contributed by atoms with Gasteiger partial charge in [0.2, 0.25) is 17.7 Å². The molecule has 7 nitrogen and oxygen atoms in total. The van der Waals surface area contributed by atoms with Gasteiger partial charge in [0.05, 0.1) is 6.42 Å². The molecule has 0 aliphatic heterocycles. The third kappa shape index (κ3) is 6.88. The molecule has 0 bridgehead atoms. The zero-order valence-corrected chi connectivity index (χ0v) is 14.5. The number of halogens is 1. The molecule has 0 aliphatic carbocycles. The van der Waals surface area contributed by atoms with Crippen LogP contribution in [-0.2, 0) is 20.8 Å². The summed E-state index contributed by atoms with van der Waals surface area (Å²) < 4.78 is 12.9. The molecular weight excluding hydrogens is 327 g/mol. The summed E-state index contributed by atoms with van der Waals surface area (Å²) in [7, 11) is 0. The molecule has 0 heterocycles. The molecule has 1 aromatic carbocycles. The Hall–Kier alpha value is -2.48. The Morgan fingerprint density at radius 2 is 1.80 bits per heavy atom. The lowest BCUT2D eigenvalue weighted by atomic mass is 10.0. The van der Waals surface area contributed by atoms with Gasteiger partial charge >= 0.3 is 0 Å². The minimum atomic E-state index is -1.24. The number of amides is 3. The second-order valence-electron chi connectivity index (χ2n) is 6.33. The number of hydrogen-bond acceptors (Lipinski definition) is 4. The van der Waals surface area contributed by atoms with E-state index in [1.165, 1.54) is 38.1 Å². The highest BCUT2D eigenvalue weighted by Crippen LogP contribution is 2.06. The lowest BCUT2D eigenvalue weighted by Crippen LogP contribution is -2.58. The first kappa shape index (κ1) is 20.6. The van der Waals surface area contributed by atoms with E-state index in [0.29, 0.717) is 24.9 Å². The van der Waals surface area contributed by atoms with Crippen molar-refractivity contribution in [3.05, 3.63) is 35.6 Å². The molecule has 25 heavy (non-hydrogen) atoms. The Balaban J connectivity index is 2.73. The van der Waals surface area contributed by atoms with Gasteiger partial charge in [0.15, 0.2) is 0 Å². The van der Waals surface area contributed by atoms with Crippen LogP contribution in [0.25, 0.3) is 0 Å². The Morgan fingerprint density at radius 1 is 1.20 bits per heavy atom. The highest BCUT2D eigenvalue weighted by atomic mass is 19.1. The summed E-state index contributed by atoms with van der Waals surface area (Å²) in [6, 6.07) is 4.68. The maximum atomic E-state index is 12.9. The van der Waals surface area contributed by atoms with Crippen LogP contribution in [0.15, 0.2) is 24.3 Å². The zero-order valence-electron chi connectivity index (χ0n) is 14.5. The average Bonchev–Trinajstić information content (AvgIpc) is 2.53. The van der Waals surface area contributed by atoms with Crippen molar-refractivity contribution in [2.45, 2.75) is 44.7 Å². The van der Waals surface area contributed by atoms with E-state index < -0.39 is 29.2 Å². The number of rotatable bonds is 9. The number of nitrogens with two attached hydrogens (primary N) is 2. The molecule has 0 radical (unpaired) electrons. The fraction of sp³-hybridized carbons (Fsp3) is 0.471. The molecular formula is C17H25FN4O3. The first-order valence-corrected chi connectivity index (χ1v) is 8.01. The summed E-state index contributed by atoms with van der Waals surface area (Å²) in [4.78, 5) is 35.9. The molecule has 1 atom stereocenters. The summed E-state index contributed by atoms with van der Waals surface area (Å²) in [6.07, 6.45) is 0.851. The van der Waals surface area contributed by atoms with Gasteiger partial charge in [0.1, 0.15) is 17.4 Å². The molecule has 6 N–H and O–H groups in total. The van der Waals surface area contributed by atoms with E-state index in [9.17, 15) is 18.8 Å². The first-order valence-electron chi connectivity index (χ1n) is 8.01. The maximum absolute atomic E-state index is 12.9. The molecule has 0 saturated carbocycles. The summed E-state index contributed by atoms with van der Waals surface area (Å²) in [5.41, 5.74) is 10.1. The number of benzene rings is 1. The minimum absolute atomic E-state index is 0.00585. The highest BCUT2D eigenvalue weighted by molar-refractivity contribution is 5.93. The molecule has 1 rings (SSSR count). The third-order valence-corrected chi connectivity index (χ3v) is 3.68. The van der Waals surface area contributed by atoms with Gasteiger partial charge in [-0.05, 0) is 50.9 Å². The van der Waals surface area contributed by atoms with Crippen LogP contribution < -0.4 is 22.1 Å². The van der Waals surface area contributed by atoms with Crippen molar-refractivity contribution in [3.63, 3.8) is 0 Å². The molecule has 8 heteroatoms. The monoisotopic (exact) mass is 352 g/mol. The Kier molecular flexibility index (Phi) is 7.50. The predicted molar refractivity (Wildman–Crippen MR) is 91.7 cm³/mol. The van der Waals surface area contributed by atoms with Crippen molar-refractivity contribution in [1.29, 1.82) is 0 Å². The lowest BCUT2D eigenvalue weighted by Gasteiger charge is -2.26. The molecule has 0 unspecified atom stereocenters. The van der Waals surface area contributed by atoms with E-state index in [2.05, 4.69) is 10.6 Å². The molecule has 0 saturated heterocycles. The van der Waals surface area contributed by atoms with E-state index in [4.69, 9.17) is 11.5 Å². The quantitative estimate of drug-likeness (QED) is 0.498. The average molecular weight is 352 g/mol. The van der Waals surface area contributed by atoms with E-state index >= 15 is 0 Å². The van der Waals surface area contributed by atoms with Gasteiger partial charge < -0.3 is 22.1 Å². The van der Waals surface area contributed by atoms with E-state index in [1.54, 1.807) is 0 Å². The summed E-state index contributed by atoms with van der Waals surface area (Å²) in [6.45, 7) is 3.32. The van der Waals surface area contributed by atoms with Crippen molar-refractivity contribution < 1.29 is 18.8 Å². The Labute approximate surface area is 146 Å². The van der Waals surface area contributed by atoms with Crippen LogP contribution in [0.4, 0.5) is 4.39 Å². The summed E-state index contributed by atoms with van der Waals surface area (Å²) >= 11 is 0. The molecule has 0 aliphatic rings. The molecule has 0 fully saturated rings. The van der Waals surface area contributed by atoms with Crippen LogP contribution >= 0.6 is 0 Å². The summed E-state index contributed by atoms with van der Waals surface area (Å²) in [5, 5.41) is 5.15. The van der Waals surface area contributed by atoms with Crippen LogP contribution in [0.3, 0.4) is 0 Å². The number of carbonyl (C=O) groups is 3. The largest absolute Gasteiger partial charge is 0.368 e. The van der Waals surface area contributed by atoms with E-state index in [1.807, 2.05) is 0 Å². The molecule has 0 spiro atoms. The minimum Gasteiger partial charge on any atom is -0.368 e. The summed E-state index contributed by atoms with van der Waals surface area (Å²) in [5.74, 6) is -1.97. The van der Waals surface area contributed by atoms with Gasteiger partial charge in [-0.3, -0.25) is 14.4 Å². The second kappa shape index (κ2) is 9.12. The van der Waals surface area contributed by atoms with Crippen LogP contribution in [-0.4, -0.2) is 35.8 Å². The van der Waals surface area contributed by atoms with Crippen LogP contribution in [0.5, 0.6) is 0 Å². The van der Waals surface area contributed by atoms with Crippen molar-refractivity contribution in [1.82, 2.24) is 10.6 Å². The van der Waals surface area contributed by atoms with Gasteiger partial charge in [-0.2, -0.15) is 0 Å². The van der Waals surface area contributed by atoms with Gasteiger partial charge in [-0.15, -0.1) is 0 Å². The van der Waals surface area contributed by atoms with E-state index in [0.717, 1.165) is 0 Å². The normalized spacial score (nSPS) is 12.3. The fourth-order valence-electron chi connectivity index (χ4n) is 2.08. The van der Waals surface area contributed by atoms with Crippen molar-refractivity contribution in [2.75, 3.05) is 6.54 Å². The first-order chi connectivity index (χ1) is 11.7. The SMILES string of the molecule is CC(C)(NC(=O)[C@@H](CCCN)NC(=O)Cc1ccc(F)cc1)C(N)=O. The van der Waals surface area contributed by atoms with E-state index in [-0.39, 0.29) is 12.3 Å². The molecule has 3 amide bonds. The second-order valence-corrected chi connectivity index (χ2v) is 6.33. The Morgan fingerprint density at radius 3 is 2.32 bits per heavy atom. The predicted octanol–water partition coefficient (Wildman–Crippen LogP) is -0.0280. The smallest absolute Gasteiger partial charge is 0.243 e. The number of nitrogens with one attached hydrogen (secondary N) is 2. The lowest BCUT2D eigenvalue weighted by molar-refractivity contribution is -0.133. The topological polar surface area (TPSA) is 127 Å². The van der Waals surface area contributed by atoms with Gasteiger partial charge in [0, 0.05) is 0 Å². The fourth-order valence-corrected chi connectivity index (χ4v) is 2.08. The third-order valence-electron chi connectivity index (χ3n) is 3.68. The van der Waals surface area contributed by atoms with Gasteiger partial charge in [-0.1, -0.05) is 12.1 Å². The highest BCUT2D eigenvalue weighted by Gasteiger charge is 2.30. The van der Waals surface area contributed by atoms with Crippen molar-refractivity contribution in [3.8, 4) is 0 Å². The number of primary amides is 1. The van der Waals surface area contributed by atoms with Crippen LogP contribution in [0.2, 0.25) is 0 Å². The maximum Gasteiger partial charge on any atom is 0.243 e. The molecule has 0 aromatic heterocycles. The Bertz CT molecular complexity index is 617. The zero-order chi connectivity index (χ0) is 19.0. The van der Waals surface area contributed by atoms with Crippen LogP contribution in [0.1, 0.15) is 32.3 Å². The van der Waals surface area contributed by atoms with Gasteiger partial charge in [0.25, 0.3) is 0 Å². The van der Waals surface area contributed by atoms with Gasteiger partial charge in [-0.25, -0.2) is 4.39 Å². The van der Waals surface area contributed by atoms with Crippen molar-refractivity contribution >= 4 is 17.7 Å².